The van der Waals surface area contributed by atoms with Crippen molar-refractivity contribution in [1.82, 2.24) is 5.32 Å². The van der Waals surface area contributed by atoms with Crippen molar-refractivity contribution in [2.45, 2.75) is 99.0 Å². The SMILES string of the molecule is CC(=O)N[C@H]1C(O)O[C@H](CO)[C@@H](O[C@@H]2O[C@@H]([C@H](O)CO)[C@H](O)[C@H]2O[C@@H]2O[C@H](CO)[C@H](O)[C@H](O)[C@H]2O)[C@@H]1O. The summed E-state index contributed by atoms with van der Waals surface area (Å²) >= 11 is 0. The van der Waals surface area contributed by atoms with Crippen molar-refractivity contribution in [3.8, 4) is 0 Å². The fourth-order valence-corrected chi connectivity index (χ4v) is 4.47. The summed E-state index contributed by atoms with van der Waals surface area (Å²) in [6, 6.07) is -1.40. The molecule has 3 aliphatic heterocycles. The molecule has 1 unspecified atom stereocenters. The Morgan fingerprint density at radius 2 is 1.41 bits per heavy atom. The largest absolute Gasteiger partial charge is 0.394 e. The number of nitrogens with one attached hydrogen (secondary N) is 1. The van der Waals surface area contributed by atoms with Crippen LogP contribution in [0.1, 0.15) is 6.92 Å². The minimum absolute atomic E-state index is 0.629. The molecule has 0 radical (unpaired) electrons. The molecule has 3 fully saturated rings. The van der Waals surface area contributed by atoms with Crippen LogP contribution in [0.2, 0.25) is 0 Å². The van der Waals surface area contributed by atoms with E-state index >= 15 is 0 Å². The normalized spacial score (nSPS) is 47.5. The molecule has 0 saturated carbocycles. The first-order valence-electron chi connectivity index (χ1n) is 11.6. The number of rotatable bonds is 9. The molecular weight excluding hydrogens is 510 g/mol. The van der Waals surface area contributed by atoms with Gasteiger partial charge in [0.1, 0.15) is 73.2 Å². The Bertz CT molecular complexity index is 745. The average molecular weight is 545 g/mol. The summed E-state index contributed by atoms with van der Waals surface area (Å²) in [6.07, 6.45) is -23.1. The van der Waals surface area contributed by atoms with Crippen LogP contribution in [0, 0.1) is 0 Å². The average Bonchev–Trinajstić information content (AvgIpc) is 3.17. The first-order chi connectivity index (χ1) is 17.4. The monoisotopic (exact) mass is 545 g/mol. The lowest BCUT2D eigenvalue weighted by atomic mass is 9.96. The van der Waals surface area contributed by atoms with Crippen LogP contribution in [0.15, 0.2) is 0 Å². The zero-order chi connectivity index (χ0) is 27.6. The van der Waals surface area contributed by atoms with Crippen LogP contribution in [0.25, 0.3) is 0 Å². The van der Waals surface area contributed by atoms with E-state index in [0.717, 1.165) is 6.92 Å². The van der Waals surface area contributed by atoms with E-state index in [1.165, 1.54) is 0 Å². The molecule has 1 amide bonds. The van der Waals surface area contributed by atoms with E-state index in [0.29, 0.717) is 0 Å². The van der Waals surface area contributed by atoms with E-state index in [9.17, 15) is 55.9 Å². The van der Waals surface area contributed by atoms with Crippen molar-refractivity contribution in [2.24, 2.45) is 0 Å². The molecule has 17 nitrogen and oxygen atoms in total. The number of amides is 1. The van der Waals surface area contributed by atoms with Gasteiger partial charge in [0.25, 0.3) is 0 Å². The Morgan fingerprint density at radius 3 is 1.97 bits per heavy atom. The maximum Gasteiger partial charge on any atom is 0.217 e. The first kappa shape index (κ1) is 30.4. The number of aliphatic hydroxyl groups excluding tert-OH is 10. The number of hydrogen-bond acceptors (Lipinski definition) is 16. The minimum Gasteiger partial charge on any atom is -0.394 e. The Morgan fingerprint density at radius 1 is 0.784 bits per heavy atom. The van der Waals surface area contributed by atoms with Crippen molar-refractivity contribution in [2.75, 3.05) is 19.8 Å². The maximum absolute atomic E-state index is 11.5. The van der Waals surface area contributed by atoms with Gasteiger partial charge in [-0.25, -0.2) is 0 Å². The number of ether oxygens (including phenoxy) is 5. The maximum atomic E-state index is 11.5. The van der Waals surface area contributed by atoms with Crippen molar-refractivity contribution in [3.63, 3.8) is 0 Å². The third kappa shape index (κ3) is 6.38. The van der Waals surface area contributed by atoms with Crippen LogP contribution in [-0.4, -0.2) is 169 Å². The number of carbonyl (C=O) groups excluding carboxylic acids is 1. The summed E-state index contributed by atoms with van der Waals surface area (Å²) < 4.78 is 27.3. The molecule has 3 rings (SSSR count). The van der Waals surface area contributed by atoms with E-state index in [1.54, 1.807) is 0 Å². The highest BCUT2D eigenvalue weighted by Gasteiger charge is 2.55. The Kier molecular flexibility index (Phi) is 10.5. The summed E-state index contributed by atoms with van der Waals surface area (Å²) in [4.78, 5) is 11.5. The molecule has 15 atom stereocenters. The highest BCUT2D eigenvalue weighted by Crippen LogP contribution is 2.34. The van der Waals surface area contributed by atoms with Gasteiger partial charge in [0.15, 0.2) is 18.9 Å². The molecule has 0 aromatic rings. The molecule has 0 aliphatic carbocycles. The van der Waals surface area contributed by atoms with Gasteiger partial charge in [-0.1, -0.05) is 0 Å². The van der Waals surface area contributed by atoms with Crippen LogP contribution in [0.5, 0.6) is 0 Å². The molecule has 3 saturated heterocycles. The molecule has 0 aromatic carbocycles. The highest BCUT2D eigenvalue weighted by atomic mass is 16.8. The summed E-state index contributed by atoms with van der Waals surface area (Å²) in [5.41, 5.74) is 0. The quantitative estimate of drug-likeness (QED) is 0.128. The molecule has 0 spiro atoms. The molecule has 11 N–H and O–H groups in total. The van der Waals surface area contributed by atoms with Gasteiger partial charge in [-0.05, 0) is 0 Å². The van der Waals surface area contributed by atoms with E-state index < -0.39 is 118 Å². The summed E-state index contributed by atoms with van der Waals surface area (Å²) in [5, 5.41) is 103. The predicted octanol–water partition coefficient (Wildman–Crippen LogP) is -7.43. The zero-order valence-electron chi connectivity index (χ0n) is 19.7. The molecule has 3 aliphatic rings. The third-order valence-electron chi connectivity index (χ3n) is 6.47. The second kappa shape index (κ2) is 12.8. The van der Waals surface area contributed by atoms with E-state index in [1.807, 2.05) is 0 Å². The van der Waals surface area contributed by atoms with Crippen LogP contribution in [-0.2, 0) is 28.5 Å². The Hall–Kier alpha value is -1.13. The predicted molar refractivity (Wildman–Crippen MR) is 113 cm³/mol. The van der Waals surface area contributed by atoms with Gasteiger partial charge >= 0.3 is 0 Å². The van der Waals surface area contributed by atoms with E-state index in [4.69, 9.17) is 23.7 Å². The molecular formula is C20H35NO16. The lowest BCUT2D eigenvalue weighted by Crippen LogP contribution is -2.65. The number of aliphatic hydroxyl groups is 10. The Balaban J connectivity index is 1.85. The van der Waals surface area contributed by atoms with Crippen molar-refractivity contribution in [3.05, 3.63) is 0 Å². The van der Waals surface area contributed by atoms with Crippen molar-refractivity contribution in [1.29, 1.82) is 0 Å². The van der Waals surface area contributed by atoms with E-state index in [-0.39, 0.29) is 0 Å². The topological polar surface area (TPSA) is 278 Å². The summed E-state index contributed by atoms with van der Waals surface area (Å²) in [5.74, 6) is -0.629. The second-order valence-corrected chi connectivity index (χ2v) is 9.07. The van der Waals surface area contributed by atoms with Gasteiger partial charge in [0.2, 0.25) is 5.91 Å². The van der Waals surface area contributed by atoms with E-state index in [2.05, 4.69) is 5.32 Å². The van der Waals surface area contributed by atoms with Gasteiger partial charge in [0.05, 0.1) is 19.8 Å². The molecule has 3 heterocycles. The number of carbonyl (C=O) groups is 1. The fraction of sp³-hybridized carbons (Fsp3) is 0.950. The summed E-state index contributed by atoms with van der Waals surface area (Å²) in [6.45, 7) is -1.28. The molecule has 216 valence electrons. The summed E-state index contributed by atoms with van der Waals surface area (Å²) in [7, 11) is 0. The fourth-order valence-electron chi connectivity index (χ4n) is 4.47. The van der Waals surface area contributed by atoms with Crippen LogP contribution in [0.4, 0.5) is 0 Å². The molecule has 0 aromatic heterocycles. The zero-order valence-corrected chi connectivity index (χ0v) is 19.7. The highest BCUT2D eigenvalue weighted by molar-refractivity contribution is 5.73. The van der Waals surface area contributed by atoms with Gasteiger partial charge < -0.3 is 80.1 Å². The smallest absolute Gasteiger partial charge is 0.217 e. The molecule has 0 bridgehead atoms. The van der Waals surface area contributed by atoms with Gasteiger partial charge in [0, 0.05) is 6.92 Å². The van der Waals surface area contributed by atoms with Gasteiger partial charge in [-0.15, -0.1) is 0 Å². The van der Waals surface area contributed by atoms with Gasteiger partial charge in [-0.2, -0.15) is 0 Å². The van der Waals surface area contributed by atoms with Crippen molar-refractivity contribution < 1.29 is 79.5 Å². The second-order valence-electron chi connectivity index (χ2n) is 9.07. The molecule has 17 heteroatoms. The standard InChI is InChI=1S/C20H35NO16/c1-5(25)21-9-11(28)16(8(4-24)33-18(9)32)36-20-17(14(31)15(35-20)6(26)2-22)37-19-13(30)12(29)10(27)7(3-23)34-19/h6-20,22-24,26-32H,2-4H2,1H3,(H,21,25)/t6-,7-,8-,9-,10+,11-,12+,13-,14+,15+,16-,17-,18?,19+,20+/m1/s1. The Labute approximate surface area is 210 Å². The lowest BCUT2D eigenvalue weighted by Gasteiger charge is -2.44. The minimum atomic E-state index is -1.87. The van der Waals surface area contributed by atoms with Gasteiger partial charge in [-0.3, -0.25) is 4.79 Å². The molecule has 37 heavy (non-hydrogen) atoms. The lowest BCUT2D eigenvalue weighted by molar-refractivity contribution is -0.339. The van der Waals surface area contributed by atoms with Crippen molar-refractivity contribution >= 4 is 5.91 Å². The third-order valence-corrected chi connectivity index (χ3v) is 6.47. The van der Waals surface area contributed by atoms with Crippen LogP contribution >= 0.6 is 0 Å². The van der Waals surface area contributed by atoms with Crippen LogP contribution in [0.3, 0.4) is 0 Å². The first-order valence-corrected chi connectivity index (χ1v) is 11.6. The number of hydrogen-bond donors (Lipinski definition) is 11. The van der Waals surface area contributed by atoms with Crippen LogP contribution < -0.4 is 5.32 Å².